The molecule has 0 unspecified atom stereocenters. The minimum atomic E-state index is 0. The van der Waals surface area contributed by atoms with Gasteiger partial charge in [0.2, 0.25) is 0 Å². The van der Waals surface area contributed by atoms with Gasteiger partial charge in [-0.3, -0.25) is 9.59 Å². The third kappa shape index (κ3) is 15.8. The fourth-order valence-electron chi connectivity index (χ4n) is 1.53. The monoisotopic (exact) mass is 421 g/mol. The second-order valence-corrected chi connectivity index (χ2v) is 4.95. The molecular formula is C20H30CoN2O4+5. The molecule has 148 valence electrons. The SMILES string of the molecule is CC[N-]CC[N-]CC.[Co+3].[OH+]=c1cccccc1[OH2+].[OH+]=c1cccccc1[OH2+]. The summed E-state index contributed by atoms with van der Waals surface area (Å²) in [6.07, 6.45) is 0. The largest absolute Gasteiger partial charge is 3.00 e. The molecule has 0 bridgehead atoms. The Labute approximate surface area is 170 Å². The van der Waals surface area contributed by atoms with Crippen LogP contribution in [0.15, 0.2) is 60.7 Å². The van der Waals surface area contributed by atoms with Crippen LogP contribution in [0.2, 0.25) is 0 Å². The summed E-state index contributed by atoms with van der Waals surface area (Å²) < 4.78 is 0. The molecule has 2 rings (SSSR count). The molecule has 0 aliphatic carbocycles. The molecule has 0 aliphatic heterocycles. The Morgan fingerprint density at radius 2 is 1.00 bits per heavy atom. The van der Waals surface area contributed by atoms with E-state index in [9.17, 15) is 0 Å². The van der Waals surface area contributed by atoms with Crippen LogP contribution in [0.3, 0.4) is 0 Å². The normalized spacial score (nSPS) is 8.81. The summed E-state index contributed by atoms with van der Waals surface area (Å²) in [5, 5.41) is 22.4. The number of likely N-dealkylation sites (N-methyl/N-ethyl adjacent to an activating group) is 2. The summed E-state index contributed by atoms with van der Waals surface area (Å²) >= 11 is 0. The second kappa shape index (κ2) is 18.6. The molecule has 0 radical (unpaired) electrons. The van der Waals surface area contributed by atoms with Gasteiger partial charge in [0.15, 0.2) is 0 Å². The van der Waals surface area contributed by atoms with E-state index in [0.717, 1.165) is 26.2 Å². The number of nitrogens with zero attached hydrogens (tertiary/aromatic N) is 2. The Balaban J connectivity index is 0. The minimum absolute atomic E-state index is 0. The van der Waals surface area contributed by atoms with Gasteiger partial charge >= 0.3 is 39.1 Å². The maximum atomic E-state index is 8.89. The zero-order valence-electron chi connectivity index (χ0n) is 15.7. The van der Waals surface area contributed by atoms with Crippen LogP contribution < -0.4 is 10.9 Å². The first-order chi connectivity index (χ1) is 12.5. The van der Waals surface area contributed by atoms with E-state index < -0.39 is 0 Å². The van der Waals surface area contributed by atoms with Crippen LogP contribution >= 0.6 is 0 Å². The third-order valence-electron chi connectivity index (χ3n) is 2.89. The first-order valence-electron chi connectivity index (χ1n) is 8.45. The Hall–Kier alpha value is -2.19. The minimum Gasteiger partial charge on any atom is -0.664 e. The van der Waals surface area contributed by atoms with Crippen LogP contribution in [-0.2, 0) is 16.8 Å². The van der Waals surface area contributed by atoms with E-state index in [1.165, 1.54) is 24.3 Å². The van der Waals surface area contributed by atoms with Gasteiger partial charge in [0.05, 0.1) is 12.1 Å². The van der Waals surface area contributed by atoms with E-state index in [4.69, 9.17) is 19.8 Å². The molecule has 0 aliphatic rings. The summed E-state index contributed by atoms with van der Waals surface area (Å²) in [6.45, 7) is 7.77. The third-order valence-corrected chi connectivity index (χ3v) is 2.89. The van der Waals surface area contributed by atoms with Crippen LogP contribution in [-0.4, -0.2) is 46.0 Å². The molecule has 0 fully saturated rings. The number of hydrogen-bond acceptors (Lipinski definition) is 0. The van der Waals surface area contributed by atoms with Gasteiger partial charge in [-0.15, -0.1) is 0 Å². The fraction of sp³-hybridized carbons (Fsp3) is 0.300. The molecule has 6 N–H and O–H groups in total. The van der Waals surface area contributed by atoms with E-state index in [-0.39, 0.29) is 39.1 Å². The van der Waals surface area contributed by atoms with Crippen molar-refractivity contribution in [2.24, 2.45) is 0 Å². The predicted octanol–water partition coefficient (Wildman–Crippen LogP) is 2.03. The van der Waals surface area contributed by atoms with Crippen molar-refractivity contribution in [3.05, 3.63) is 82.2 Å². The maximum Gasteiger partial charge on any atom is 3.00 e. The smallest absolute Gasteiger partial charge is 0.664 e. The van der Waals surface area contributed by atoms with E-state index in [0.29, 0.717) is 0 Å². The molecule has 7 heteroatoms. The summed E-state index contributed by atoms with van der Waals surface area (Å²) in [4.78, 5) is 17.8. The van der Waals surface area contributed by atoms with Crippen molar-refractivity contribution in [3.8, 4) is 11.5 Å². The predicted molar refractivity (Wildman–Crippen MR) is 107 cm³/mol. The van der Waals surface area contributed by atoms with Crippen molar-refractivity contribution in [1.82, 2.24) is 0 Å². The molecule has 0 heterocycles. The van der Waals surface area contributed by atoms with Crippen LogP contribution in [0.4, 0.5) is 0 Å². The summed E-state index contributed by atoms with van der Waals surface area (Å²) in [5.74, 6) is 0.306. The quantitative estimate of drug-likeness (QED) is 0.519. The van der Waals surface area contributed by atoms with Crippen LogP contribution in [0.1, 0.15) is 13.8 Å². The summed E-state index contributed by atoms with van der Waals surface area (Å²) in [7, 11) is 0. The molecule has 0 spiro atoms. The van der Waals surface area contributed by atoms with Crippen molar-refractivity contribution in [2.75, 3.05) is 26.2 Å². The Bertz CT molecular complexity index is 667. The van der Waals surface area contributed by atoms with Crippen LogP contribution in [0, 0.1) is 0 Å². The van der Waals surface area contributed by atoms with Gasteiger partial charge in [-0.05, 0) is 0 Å². The second-order valence-electron chi connectivity index (χ2n) is 4.95. The van der Waals surface area contributed by atoms with E-state index in [2.05, 4.69) is 10.6 Å². The van der Waals surface area contributed by atoms with Crippen molar-refractivity contribution >= 4 is 0 Å². The van der Waals surface area contributed by atoms with E-state index in [1.54, 1.807) is 36.4 Å². The average molecular weight is 421 g/mol. The van der Waals surface area contributed by atoms with Gasteiger partial charge in [-0.1, -0.05) is 50.2 Å². The standard InChI is InChI=1S/2C7H6O2.C6H14N2.Co/c2*8-6-4-2-1-3-5-7(6)9;1-3-7-5-6-8-4-2;/h2*1-5H,(H,8,9);3-6H2,1-2H3;/q;;-2;+3/p+4. The van der Waals surface area contributed by atoms with Gasteiger partial charge in [0.25, 0.3) is 0 Å². The molecule has 2 aromatic carbocycles. The molecule has 0 amide bonds. The molecule has 0 atom stereocenters. The Morgan fingerprint density at radius 3 is 1.33 bits per heavy atom. The number of hydrogen-bond donors (Lipinski definition) is 0. The van der Waals surface area contributed by atoms with E-state index >= 15 is 0 Å². The van der Waals surface area contributed by atoms with Crippen molar-refractivity contribution < 1.29 is 36.6 Å². The van der Waals surface area contributed by atoms with Crippen molar-refractivity contribution in [2.45, 2.75) is 13.8 Å². The number of rotatable bonds is 5. The van der Waals surface area contributed by atoms with Gasteiger partial charge in [0.1, 0.15) is 0 Å². The maximum absolute atomic E-state index is 8.89. The van der Waals surface area contributed by atoms with Gasteiger partial charge in [0, 0.05) is 12.1 Å². The zero-order chi connectivity index (χ0) is 19.6. The van der Waals surface area contributed by atoms with Crippen LogP contribution in [0.5, 0.6) is 11.5 Å². The Kier molecular flexibility index (Phi) is 18.6. The molecule has 0 aromatic heterocycles. The molecular weight excluding hydrogens is 391 g/mol. The Morgan fingerprint density at radius 1 is 0.667 bits per heavy atom. The first-order valence-corrected chi connectivity index (χ1v) is 8.45. The summed E-state index contributed by atoms with van der Waals surface area (Å²) in [6, 6.07) is 16.4. The molecule has 0 saturated carbocycles. The average Bonchev–Trinajstić information content (AvgIpc) is 2.94. The molecule has 0 saturated heterocycles. The van der Waals surface area contributed by atoms with Crippen LogP contribution in [0.25, 0.3) is 10.6 Å². The van der Waals surface area contributed by atoms with Crippen molar-refractivity contribution in [1.29, 1.82) is 0 Å². The topological polar surface area (TPSA) is 117 Å². The fourth-order valence-corrected chi connectivity index (χ4v) is 1.53. The first kappa shape index (κ1) is 27.0. The van der Waals surface area contributed by atoms with Gasteiger partial charge in [-0.2, -0.15) is 26.2 Å². The summed E-state index contributed by atoms with van der Waals surface area (Å²) in [5.41, 5.74) is 0.0278. The van der Waals surface area contributed by atoms with E-state index in [1.807, 2.05) is 13.8 Å². The molecule has 6 nitrogen and oxygen atoms in total. The van der Waals surface area contributed by atoms with Crippen molar-refractivity contribution in [3.63, 3.8) is 0 Å². The molecule has 27 heavy (non-hydrogen) atoms. The molecule has 2 aromatic rings. The van der Waals surface area contributed by atoms with Gasteiger partial charge < -0.3 is 20.8 Å². The van der Waals surface area contributed by atoms with Gasteiger partial charge in [-0.25, -0.2) is 0 Å². The zero-order valence-corrected chi connectivity index (χ0v) is 16.8.